The molecule has 0 unspecified atom stereocenters. The summed E-state index contributed by atoms with van der Waals surface area (Å²) >= 11 is 0. The predicted molar refractivity (Wildman–Crippen MR) is 113 cm³/mol. The normalized spacial score (nSPS) is 15.2. The lowest BCUT2D eigenvalue weighted by Gasteiger charge is -2.32. The van der Waals surface area contributed by atoms with Gasteiger partial charge in [-0.05, 0) is 37.0 Å². The summed E-state index contributed by atoms with van der Waals surface area (Å²) in [5, 5.41) is 7.08. The number of amides is 1. The Bertz CT molecular complexity index is 965. The molecule has 5 nitrogen and oxygen atoms in total. The van der Waals surface area contributed by atoms with Crippen LogP contribution in [-0.4, -0.2) is 35.1 Å². The number of piperidine rings is 1. The van der Waals surface area contributed by atoms with E-state index in [1.54, 1.807) is 18.2 Å². The standard InChI is InChI=1S/C24H26FN3O2/c25-22-9-5-4-8-21(22)24-19(17-30-27-24)10-11-23(29)26-20-12-14-28(15-13-20)16-18-6-2-1-3-7-18/h1-9,17,20H,10-16H2,(H,26,29). The topological polar surface area (TPSA) is 58.4 Å². The van der Waals surface area contributed by atoms with Gasteiger partial charge in [0, 0.05) is 43.2 Å². The van der Waals surface area contributed by atoms with Gasteiger partial charge in [-0.2, -0.15) is 0 Å². The maximum atomic E-state index is 14.0. The van der Waals surface area contributed by atoms with E-state index in [0.717, 1.165) is 38.0 Å². The lowest BCUT2D eigenvalue weighted by Crippen LogP contribution is -2.44. The van der Waals surface area contributed by atoms with Gasteiger partial charge in [0.15, 0.2) is 0 Å². The Labute approximate surface area is 175 Å². The third-order valence-corrected chi connectivity index (χ3v) is 5.60. The Hall–Kier alpha value is -2.99. The smallest absolute Gasteiger partial charge is 0.220 e. The lowest BCUT2D eigenvalue weighted by atomic mass is 10.0. The summed E-state index contributed by atoms with van der Waals surface area (Å²) in [5.41, 5.74) is 2.93. The molecule has 1 N–H and O–H groups in total. The predicted octanol–water partition coefficient (Wildman–Crippen LogP) is 4.19. The van der Waals surface area contributed by atoms with E-state index in [2.05, 4.69) is 39.6 Å². The zero-order valence-corrected chi connectivity index (χ0v) is 16.9. The zero-order valence-electron chi connectivity index (χ0n) is 16.9. The van der Waals surface area contributed by atoms with E-state index in [1.807, 2.05) is 6.07 Å². The highest BCUT2D eigenvalue weighted by atomic mass is 19.1. The van der Waals surface area contributed by atoms with Crippen molar-refractivity contribution in [2.45, 2.75) is 38.3 Å². The maximum absolute atomic E-state index is 14.0. The Morgan fingerprint density at radius 3 is 2.60 bits per heavy atom. The first-order chi connectivity index (χ1) is 14.7. The molecule has 1 amide bonds. The van der Waals surface area contributed by atoms with Crippen LogP contribution in [0.5, 0.6) is 0 Å². The van der Waals surface area contributed by atoms with Crippen LogP contribution < -0.4 is 5.32 Å². The highest BCUT2D eigenvalue weighted by Crippen LogP contribution is 2.25. The average Bonchev–Trinajstić information content (AvgIpc) is 3.23. The third-order valence-electron chi connectivity index (χ3n) is 5.60. The minimum atomic E-state index is -0.348. The summed E-state index contributed by atoms with van der Waals surface area (Å²) in [6.45, 7) is 2.90. The van der Waals surface area contributed by atoms with Crippen LogP contribution in [0.4, 0.5) is 4.39 Å². The Morgan fingerprint density at radius 1 is 1.10 bits per heavy atom. The van der Waals surface area contributed by atoms with Gasteiger partial charge in [0.05, 0.1) is 0 Å². The third kappa shape index (κ3) is 5.13. The number of carbonyl (C=O) groups is 1. The lowest BCUT2D eigenvalue weighted by molar-refractivity contribution is -0.122. The van der Waals surface area contributed by atoms with Crippen LogP contribution in [0.2, 0.25) is 0 Å². The number of likely N-dealkylation sites (tertiary alicyclic amines) is 1. The molecule has 0 bridgehead atoms. The fourth-order valence-electron chi connectivity index (χ4n) is 3.93. The molecule has 2 heterocycles. The van der Waals surface area contributed by atoms with Crippen molar-refractivity contribution < 1.29 is 13.7 Å². The number of hydrogen-bond donors (Lipinski definition) is 1. The van der Waals surface area contributed by atoms with E-state index >= 15 is 0 Å². The molecule has 3 aromatic rings. The van der Waals surface area contributed by atoms with Crippen molar-refractivity contribution in [3.8, 4) is 11.3 Å². The van der Waals surface area contributed by atoms with Crippen LogP contribution in [0.15, 0.2) is 65.4 Å². The van der Waals surface area contributed by atoms with Crippen molar-refractivity contribution in [2.75, 3.05) is 13.1 Å². The van der Waals surface area contributed by atoms with E-state index in [-0.39, 0.29) is 17.8 Å². The second kappa shape index (κ2) is 9.67. The number of nitrogens with zero attached hydrogens (tertiary/aromatic N) is 2. The number of halogens is 1. The average molecular weight is 407 g/mol. The number of aryl methyl sites for hydroxylation is 1. The van der Waals surface area contributed by atoms with Gasteiger partial charge in [0.25, 0.3) is 0 Å². The fraction of sp³-hybridized carbons (Fsp3) is 0.333. The first-order valence-electron chi connectivity index (χ1n) is 10.4. The quantitative estimate of drug-likeness (QED) is 0.638. The molecule has 0 radical (unpaired) electrons. The Kier molecular flexibility index (Phi) is 6.54. The van der Waals surface area contributed by atoms with E-state index < -0.39 is 0 Å². The minimum Gasteiger partial charge on any atom is -0.364 e. The highest BCUT2D eigenvalue weighted by Gasteiger charge is 2.21. The summed E-state index contributed by atoms with van der Waals surface area (Å²) in [6.07, 6.45) is 4.19. The van der Waals surface area contributed by atoms with Gasteiger partial charge >= 0.3 is 0 Å². The number of carbonyl (C=O) groups excluding carboxylic acids is 1. The summed E-state index contributed by atoms with van der Waals surface area (Å²) in [6, 6.07) is 17.1. The molecule has 2 aromatic carbocycles. The van der Waals surface area contributed by atoms with Crippen LogP contribution in [0.25, 0.3) is 11.3 Å². The van der Waals surface area contributed by atoms with E-state index in [4.69, 9.17) is 4.52 Å². The molecule has 30 heavy (non-hydrogen) atoms. The molecule has 1 aromatic heterocycles. The monoisotopic (exact) mass is 407 g/mol. The van der Waals surface area contributed by atoms with Crippen molar-refractivity contribution in [2.24, 2.45) is 0 Å². The number of benzene rings is 2. The van der Waals surface area contributed by atoms with Crippen molar-refractivity contribution in [3.63, 3.8) is 0 Å². The van der Waals surface area contributed by atoms with Gasteiger partial charge in [-0.1, -0.05) is 47.6 Å². The van der Waals surface area contributed by atoms with Gasteiger partial charge in [-0.25, -0.2) is 4.39 Å². The molecule has 156 valence electrons. The van der Waals surface area contributed by atoms with Crippen LogP contribution in [0.3, 0.4) is 0 Å². The Balaban J connectivity index is 1.24. The summed E-state index contributed by atoms with van der Waals surface area (Å²) in [4.78, 5) is 14.9. The van der Waals surface area contributed by atoms with Gasteiger partial charge < -0.3 is 9.84 Å². The van der Waals surface area contributed by atoms with Crippen molar-refractivity contribution >= 4 is 5.91 Å². The van der Waals surface area contributed by atoms with Crippen molar-refractivity contribution in [3.05, 3.63) is 77.8 Å². The first-order valence-corrected chi connectivity index (χ1v) is 10.4. The summed E-state index contributed by atoms with van der Waals surface area (Å²) in [5.74, 6) is -0.337. The van der Waals surface area contributed by atoms with Gasteiger partial charge in [-0.3, -0.25) is 9.69 Å². The molecule has 0 aliphatic carbocycles. The number of aromatic nitrogens is 1. The van der Waals surface area contributed by atoms with Crippen molar-refractivity contribution in [1.29, 1.82) is 0 Å². The number of hydrogen-bond acceptors (Lipinski definition) is 4. The van der Waals surface area contributed by atoms with Crippen LogP contribution in [0.1, 0.15) is 30.4 Å². The van der Waals surface area contributed by atoms with Crippen LogP contribution in [-0.2, 0) is 17.8 Å². The molecular weight excluding hydrogens is 381 g/mol. The molecule has 1 aliphatic rings. The molecular formula is C24H26FN3O2. The van der Waals surface area contributed by atoms with Gasteiger partial charge in [0.2, 0.25) is 5.91 Å². The van der Waals surface area contributed by atoms with E-state index in [1.165, 1.54) is 17.9 Å². The van der Waals surface area contributed by atoms with Gasteiger partial charge in [-0.15, -0.1) is 0 Å². The number of nitrogens with one attached hydrogen (secondary N) is 1. The number of rotatable bonds is 7. The largest absolute Gasteiger partial charge is 0.364 e. The molecule has 4 rings (SSSR count). The van der Waals surface area contributed by atoms with Gasteiger partial charge in [0.1, 0.15) is 17.8 Å². The fourth-order valence-corrected chi connectivity index (χ4v) is 3.93. The summed E-state index contributed by atoms with van der Waals surface area (Å²) in [7, 11) is 0. The molecule has 1 aliphatic heterocycles. The SMILES string of the molecule is O=C(CCc1conc1-c1ccccc1F)NC1CCN(Cc2ccccc2)CC1. The van der Waals surface area contributed by atoms with E-state index in [9.17, 15) is 9.18 Å². The molecule has 0 spiro atoms. The van der Waals surface area contributed by atoms with Crippen LogP contribution in [0, 0.1) is 5.82 Å². The Morgan fingerprint density at radius 2 is 1.83 bits per heavy atom. The maximum Gasteiger partial charge on any atom is 0.220 e. The second-order valence-electron chi connectivity index (χ2n) is 7.77. The second-order valence-corrected chi connectivity index (χ2v) is 7.77. The minimum absolute atomic E-state index is 0.0113. The molecule has 1 saturated heterocycles. The zero-order chi connectivity index (χ0) is 20.8. The highest BCUT2D eigenvalue weighted by molar-refractivity contribution is 5.77. The molecule has 0 saturated carbocycles. The van der Waals surface area contributed by atoms with Crippen LogP contribution >= 0.6 is 0 Å². The molecule has 6 heteroatoms. The van der Waals surface area contributed by atoms with E-state index in [0.29, 0.717) is 24.1 Å². The first kappa shape index (κ1) is 20.3. The summed E-state index contributed by atoms with van der Waals surface area (Å²) < 4.78 is 19.1. The molecule has 1 fully saturated rings. The van der Waals surface area contributed by atoms with Crippen molar-refractivity contribution in [1.82, 2.24) is 15.4 Å². The molecule has 0 atom stereocenters.